The van der Waals surface area contributed by atoms with Gasteiger partial charge in [-0.25, -0.2) is 0 Å². The molecule has 0 saturated heterocycles. The number of amides is 1. The number of aliphatic hydroxyl groups excluding tert-OH is 1. The molecule has 2 N–H and O–H groups in total. The molecule has 2 unspecified atom stereocenters. The molecule has 98 valence electrons. The molecule has 1 aliphatic rings. The average Bonchev–Trinajstić information content (AvgIpc) is 2.31. The van der Waals surface area contributed by atoms with Gasteiger partial charge in [0.05, 0.1) is 12.3 Å². The van der Waals surface area contributed by atoms with Gasteiger partial charge < -0.3 is 15.2 Å². The Kier molecular flexibility index (Phi) is 3.57. The highest BCUT2D eigenvalue weighted by molar-refractivity contribution is 5.97. The molecule has 1 heterocycles. The number of ether oxygens (including phenoxy) is 1. The summed E-state index contributed by atoms with van der Waals surface area (Å²) in [6.07, 6.45) is -0.473. The Labute approximate surface area is 107 Å². The summed E-state index contributed by atoms with van der Waals surface area (Å²) in [5.41, 5.74) is 1.73. The lowest BCUT2D eigenvalue weighted by Gasteiger charge is -2.26. The Morgan fingerprint density at radius 2 is 2.17 bits per heavy atom. The molecule has 0 aliphatic carbocycles. The molecule has 2 rings (SSSR count). The first-order chi connectivity index (χ1) is 8.52. The lowest BCUT2D eigenvalue weighted by molar-refractivity contribution is -0.122. The summed E-state index contributed by atoms with van der Waals surface area (Å²) in [4.78, 5) is 11.5. The highest BCUT2D eigenvalue weighted by Gasteiger charge is 2.25. The number of rotatable bonds is 3. The van der Waals surface area contributed by atoms with Gasteiger partial charge in [0.2, 0.25) is 0 Å². The van der Waals surface area contributed by atoms with E-state index >= 15 is 0 Å². The quantitative estimate of drug-likeness (QED) is 0.862. The maximum atomic E-state index is 11.5. The number of fused-ring (bicyclic) bond motifs is 1. The van der Waals surface area contributed by atoms with Crippen LogP contribution in [0, 0.1) is 5.92 Å². The van der Waals surface area contributed by atoms with E-state index in [2.05, 4.69) is 19.2 Å². The fraction of sp³-hybridized carbons (Fsp3) is 0.500. The Hall–Kier alpha value is -1.55. The van der Waals surface area contributed by atoms with Gasteiger partial charge in [0.25, 0.3) is 5.91 Å². The van der Waals surface area contributed by atoms with Crippen LogP contribution in [-0.4, -0.2) is 23.7 Å². The number of benzene rings is 1. The van der Waals surface area contributed by atoms with Crippen LogP contribution >= 0.6 is 0 Å². The number of anilines is 1. The van der Waals surface area contributed by atoms with Crippen molar-refractivity contribution in [3.63, 3.8) is 0 Å². The van der Waals surface area contributed by atoms with Crippen LogP contribution in [0.25, 0.3) is 0 Å². The van der Waals surface area contributed by atoms with Crippen molar-refractivity contribution in [1.82, 2.24) is 0 Å². The van der Waals surface area contributed by atoms with E-state index in [0.29, 0.717) is 17.4 Å². The molecule has 0 aromatic heterocycles. The Morgan fingerprint density at radius 3 is 2.78 bits per heavy atom. The number of carbonyl (C=O) groups excluding carboxylic acids is 1. The number of carbonyl (C=O) groups is 1. The Balaban J connectivity index is 2.32. The normalized spacial score (nSPS) is 20.1. The highest BCUT2D eigenvalue weighted by Crippen LogP contribution is 2.34. The monoisotopic (exact) mass is 249 g/mol. The average molecular weight is 249 g/mol. The zero-order valence-electron chi connectivity index (χ0n) is 10.9. The molecule has 0 saturated carbocycles. The first-order valence-corrected chi connectivity index (χ1v) is 6.25. The SMILES string of the molecule is CC1Oc2cc(C(CO)C(C)C)ccc2NC1=O. The van der Waals surface area contributed by atoms with Crippen molar-refractivity contribution in [1.29, 1.82) is 0 Å². The second-order valence-corrected chi connectivity index (χ2v) is 5.04. The van der Waals surface area contributed by atoms with Gasteiger partial charge in [-0.2, -0.15) is 0 Å². The van der Waals surface area contributed by atoms with Gasteiger partial charge in [-0.3, -0.25) is 4.79 Å². The van der Waals surface area contributed by atoms with E-state index in [1.807, 2.05) is 18.2 Å². The minimum absolute atomic E-state index is 0.0897. The van der Waals surface area contributed by atoms with E-state index in [4.69, 9.17) is 4.74 Å². The molecule has 0 radical (unpaired) electrons. The number of hydrogen-bond donors (Lipinski definition) is 2. The van der Waals surface area contributed by atoms with Crippen LogP contribution in [0.5, 0.6) is 5.75 Å². The molecule has 1 aromatic carbocycles. The summed E-state index contributed by atoms with van der Waals surface area (Å²) >= 11 is 0. The molecule has 2 atom stereocenters. The minimum Gasteiger partial charge on any atom is -0.479 e. The van der Waals surface area contributed by atoms with Crippen molar-refractivity contribution < 1.29 is 14.6 Å². The second-order valence-electron chi connectivity index (χ2n) is 5.04. The maximum Gasteiger partial charge on any atom is 0.265 e. The second kappa shape index (κ2) is 4.98. The van der Waals surface area contributed by atoms with E-state index in [1.54, 1.807) is 6.92 Å². The van der Waals surface area contributed by atoms with E-state index in [1.165, 1.54) is 0 Å². The van der Waals surface area contributed by atoms with Gasteiger partial charge >= 0.3 is 0 Å². The van der Waals surface area contributed by atoms with Crippen molar-refractivity contribution in [2.45, 2.75) is 32.8 Å². The van der Waals surface area contributed by atoms with Crippen molar-refractivity contribution >= 4 is 11.6 Å². The van der Waals surface area contributed by atoms with E-state index < -0.39 is 6.10 Å². The van der Waals surface area contributed by atoms with Gasteiger partial charge in [0.15, 0.2) is 6.10 Å². The molecule has 0 spiro atoms. The fourth-order valence-electron chi connectivity index (χ4n) is 2.15. The van der Waals surface area contributed by atoms with Crippen molar-refractivity contribution in [3.8, 4) is 5.75 Å². The third-order valence-electron chi connectivity index (χ3n) is 3.37. The third kappa shape index (κ3) is 2.34. The molecule has 4 nitrogen and oxygen atoms in total. The van der Waals surface area contributed by atoms with Crippen LogP contribution in [0.2, 0.25) is 0 Å². The zero-order chi connectivity index (χ0) is 13.3. The molecule has 4 heteroatoms. The predicted octanol–water partition coefficient (Wildman–Crippen LogP) is 2.14. The van der Waals surface area contributed by atoms with Crippen LogP contribution in [0.4, 0.5) is 5.69 Å². The van der Waals surface area contributed by atoms with E-state index in [0.717, 1.165) is 5.56 Å². The van der Waals surface area contributed by atoms with E-state index in [9.17, 15) is 9.90 Å². The van der Waals surface area contributed by atoms with Crippen molar-refractivity contribution in [3.05, 3.63) is 23.8 Å². The topological polar surface area (TPSA) is 58.6 Å². The largest absolute Gasteiger partial charge is 0.479 e. The summed E-state index contributed by atoms with van der Waals surface area (Å²) in [5.74, 6) is 0.993. The zero-order valence-corrected chi connectivity index (χ0v) is 10.9. The summed E-state index contributed by atoms with van der Waals surface area (Å²) in [6.45, 7) is 5.98. The maximum absolute atomic E-state index is 11.5. The number of nitrogens with one attached hydrogen (secondary N) is 1. The predicted molar refractivity (Wildman–Crippen MR) is 69.8 cm³/mol. The lowest BCUT2D eigenvalue weighted by atomic mass is 9.89. The molecular formula is C14H19NO3. The van der Waals surface area contributed by atoms with Crippen LogP contribution in [0.3, 0.4) is 0 Å². The summed E-state index contributed by atoms with van der Waals surface area (Å²) in [5, 5.41) is 12.2. The molecule has 0 fully saturated rings. The van der Waals surface area contributed by atoms with Gasteiger partial charge in [-0.05, 0) is 30.5 Å². The molecule has 0 bridgehead atoms. The Morgan fingerprint density at radius 1 is 1.44 bits per heavy atom. The molecule has 1 aromatic rings. The lowest BCUT2D eigenvalue weighted by Crippen LogP contribution is -2.34. The molecular weight excluding hydrogens is 230 g/mol. The molecule has 18 heavy (non-hydrogen) atoms. The minimum atomic E-state index is -0.473. The summed E-state index contributed by atoms with van der Waals surface area (Å²) in [7, 11) is 0. The highest BCUT2D eigenvalue weighted by atomic mass is 16.5. The van der Waals surface area contributed by atoms with Gasteiger partial charge in [-0.15, -0.1) is 0 Å². The summed E-state index contributed by atoms with van der Waals surface area (Å²) < 4.78 is 5.57. The van der Waals surface area contributed by atoms with Crippen LogP contribution in [0.15, 0.2) is 18.2 Å². The van der Waals surface area contributed by atoms with Gasteiger partial charge in [-0.1, -0.05) is 19.9 Å². The number of aliphatic hydroxyl groups is 1. The van der Waals surface area contributed by atoms with Crippen LogP contribution < -0.4 is 10.1 Å². The number of hydrogen-bond acceptors (Lipinski definition) is 3. The first kappa shape index (κ1) is 12.9. The molecule has 1 aliphatic heterocycles. The van der Waals surface area contributed by atoms with Gasteiger partial charge in [0, 0.05) is 5.92 Å². The Bertz CT molecular complexity index is 456. The van der Waals surface area contributed by atoms with Crippen molar-refractivity contribution in [2.24, 2.45) is 5.92 Å². The van der Waals surface area contributed by atoms with Crippen LogP contribution in [0.1, 0.15) is 32.3 Å². The summed E-state index contributed by atoms with van der Waals surface area (Å²) in [6, 6.07) is 5.67. The molecule has 1 amide bonds. The van der Waals surface area contributed by atoms with E-state index in [-0.39, 0.29) is 18.4 Å². The third-order valence-corrected chi connectivity index (χ3v) is 3.37. The van der Waals surface area contributed by atoms with Crippen LogP contribution in [-0.2, 0) is 4.79 Å². The first-order valence-electron chi connectivity index (χ1n) is 6.25. The smallest absolute Gasteiger partial charge is 0.265 e. The van der Waals surface area contributed by atoms with Crippen molar-refractivity contribution in [2.75, 3.05) is 11.9 Å². The van der Waals surface area contributed by atoms with Gasteiger partial charge in [0.1, 0.15) is 5.75 Å². The standard InChI is InChI=1S/C14H19NO3/c1-8(2)11(7-16)10-4-5-12-13(6-10)18-9(3)14(17)15-12/h4-6,8-9,11,16H,7H2,1-3H3,(H,15,17). The fourth-order valence-corrected chi connectivity index (χ4v) is 2.15.